The first-order valence-electron chi connectivity index (χ1n) is 5.07. The van der Waals surface area contributed by atoms with Crippen LogP contribution in [0.4, 0.5) is 0 Å². The number of amides is 1. The van der Waals surface area contributed by atoms with Crippen molar-refractivity contribution >= 4 is 5.91 Å². The number of rotatable bonds is 3. The highest BCUT2D eigenvalue weighted by Gasteiger charge is 2.17. The molecule has 1 fully saturated rings. The number of likely N-dealkylation sites (N-methyl/N-ethyl adjacent to an activating group) is 1. The summed E-state index contributed by atoms with van der Waals surface area (Å²) >= 11 is 0. The summed E-state index contributed by atoms with van der Waals surface area (Å²) < 4.78 is 0. The highest BCUT2D eigenvalue weighted by molar-refractivity contribution is 5.78. The summed E-state index contributed by atoms with van der Waals surface area (Å²) in [6, 6.07) is 2.12. The maximum absolute atomic E-state index is 11.5. The molecule has 1 amide bonds. The summed E-state index contributed by atoms with van der Waals surface area (Å²) in [5.41, 5.74) is 0. The van der Waals surface area contributed by atoms with Crippen LogP contribution in [-0.2, 0) is 4.79 Å². The second kappa shape index (κ2) is 5.61. The molecule has 0 spiro atoms. The summed E-state index contributed by atoms with van der Waals surface area (Å²) in [5, 5.41) is 8.40. The van der Waals surface area contributed by atoms with Gasteiger partial charge in [-0.1, -0.05) is 0 Å². The normalized spacial score (nSPS) is 19.1. The highest BCUT2D eigenvalue weighted by Crippen LogP contribution is 2.03. The van der Waals surface area contributed by atoms with Gasteiger partial charge in [-0.2, -0.15) is 5.26 Å². The molecule has 0 N–H and O–H groups in total. The maximum Gasteiger partial charge on any atom is 0.236 e. The zero-order valence-electron chi connectivity index (χ0n) is 8.70. The van der Waals surface area contributed by atoms with E-state index in [0.717, 1.165) is 32.5 Å². The molecule has 1 saturated heterocycles. The second-order valence-corrected chi connectivity index (χ2v) is 3.71. The number of nitrogens with zero attached hydrogens (tertiary/aromatic N) is 3. The molecule has 1 aliphatic heterocycles. The minimum absolute atomic E-state index is 0.194. The van der Waals surface area contributed by atoms with Crippen molar-refractivity contribution in [2.24, 2.45) is 0 Å². The van der Waals surface area contributed by atoms with Crippen LogP contribution in [0.5, 0.6) is 0 Å². The molecule has 0 atom stereocenters. The molecule has 0 bridgehead atoms. The van der Waals surface area contributed by atoms with E-state index in [1.54, 1.807) is 4.90 Å². The molecule has 0 aromatic heterocycles. The summed E-state index contributed by atoms with van der Waals surface area (Å²) in [7, 11) is 1.85. The molecule has 4 heteroatoms. The molecular weight excluding hydrogens is 178 g/mol. The van der Waals surface area contributed by atoms with Crippen molar-refractivity contribution in [3.63, 3.8) is 0 Å². The minimum Gasteiger partial charge on any atom is -0.345 e. The van der Waals surface area contributed by atoms with Crippen LogP contribution in [0, 0.1) is 11.3 Å². The zero-order chi connectivity index (χ0) is 10.4. The molecule has 14 heavy (non-hydrogen) atoms. The molecule has 0 radical (unpaired) electrons. The number of carbonyl (C=O) groups is 1. The fourth-order valence-electron chi connectivity index (χ4n) is 1.62. The summed E-state index contributed by atoms with van der Waals surface area (Å²) in [6.45, 7) is 3.21. The first-order valence-corrected chi connectivity index (χ1v) is 5.07. The molecule has 4 nitrogen and oxygen atoms in total. The number of hydrogen-bond acceptors (Lipinski definition) is 3. The molecule has 78 valence electrons. The number of unbranched alkanes of at least 4 members (excludes halogenated alkanes) is 1. The smallest absolute Gasteiger partial charge is 0.236 e. The third kappa shape index (κ3) is 3.35. The van der Waals surface area contributed by atoms with E-state index in [0.29, 0.717) is 13.0 Å². The van der Waals surface area contributed by atoms with Crippen LogP contribution in [0.3, 0.4) is 0 Å². The van der Waals surface area contributed by atoms with Crippen molar-refractivity contribution in [3.05, 3.63) is 0 Å². The largest absolute Gasteiger partial charge is 0.345 e. The van der Waals surface area contributed by atoms with Crippen molar-refractivity contribution < 1.29 is 4.79 Å². The number of hydrogen-bond donors (Lipinski definition) is 0. The molecule has 0 aromatic rings. The van der Waals surface area contributed by atoms with Gasteiger partial charge in [0, 0.05) is 26.6 Å². The first-order chi connectivity index (χ1) is 6.74. The Morgan fingerprint density at radius 3 is 3.00 bits per heavy atom. The lowest BCUT2D eigenvalue weighted by Gasteiger charge is -2.18. The van der Waals surface area contributed by atoms with Crippen LogP contribution in [0.1, 0.15) is 19.3 Å². The molecule has 1 rings (SSSR count). The Morgan fingerprint density at radius 1 is 1.50 bits per heavy atom. The molecule has 1 heterocycles. The Hall–Kier alpha value is -1.08. The summed E-state index contributed by atoms with van der Waals surface area (Å²) in [5.74, 6) is 0.194. The lowest BCUT2D eigenvalue weighted by Crippen LogP contribution is -2.34. The summed E-state index contributed by atoms with van der Waals surface area (Å²) in [4.78, 5) is 15.4. The van der Waals surface area contributed by atoms with E-state index in [-0.39, 0.29) is 5.91 Å². The average Bonchev–Trinajstić information content (AvgIpc) is 2.31. The van der Waals surface area contributed by atoms with Gasteiger partial charge < -0.3 is 4.90 Å². The fraction of sp³-hybridized carbons (Fsp3) is 0.800. The van der Waals surface area contributed by atoms with Gasteiger partial charge in [-0.25, -0.2) is 0 Å². The van der Waals surface area contributed by atoms with Crippen molar-refractivity contribution in [2.45, 2.75) is 19.3 Å². The Kier molecular flexibility index (Phi) is 4.41. The Balaban J connectivity index is 2.32. The van der Waals surface area contributed by atoms with Gasteiger partial charge in [0.1, 0.15) is 0 Å². The molecule has 0 unspecified atom stereocenters. The molecule has 0 saturated carbocycles. The lowest BCUT2D eigenvalue weighted by molar-refractivity contribution is -0.129. The van der Waals surface area contributed by atoms with Gasteiger partial charge in [-0.3, -0.25) is 9.69 Å². The lowest BCUT2D eigenvalue weighted by atomic mass is 10.3. The van der Waals surface area contributed by atoms with E-state index >= 15 is 0 Å². The van der Waals surface area contributed by atoms with Crippen LogP contribution in [0.15, 0.2) is 0 Å². The zero-order valence-corrected chi connectivity index (χ0v) is 8.70. The van der Waals surface area contributed by atoms with Crippen molar-refractivity contribution in [1.82, 2.24) is 9.80 Å². The van der Waals surface area contributed by atoms with Crippen LogP contribution in [0.25, 0.3) is 0 Å². The monoisotopic (exact) mass is 195 g/mol. The van der Waals surface area contributed by atoms with E-state index < -0.39 is 0 Å². The van der Waals surface area contributed by atoms with Gasteiger partial charge in [0.25, 0.3) is 0 Å². The predicted molar refractivity (Wildman–Crippen MR) is 53.5 cm³/mol. The topological polar surface area (TPSA) is 47.3 Å². The van der Waals surface area contributed by atoms with E-state index in [1.165, 1.54) is 0 Å². The predicted octanol–water partition coefficient (Wildman–Crippen LogP) is 0.454. The average molecular weight is 195 g/mol. The molecule has 0 aliphatic carbocycles. The second-order valence-electron chi connectivity index (χ2n) is 3.71. The number of nitriles is 1. The quantitative estimate of drug-likeness (QED) is 0.614. The molecule has 0 aromatic carbocycles. The van der Waals surface area contributed by atoms with Gasteiger partial charge >= 0.3 is 0 Å². The van der Waals surface area contributed by atoms with Crippen LogP contribution in [-0.4, -0.2) is 48.9 Å². The Labute approximate surface area is 85.1 Å². The van der Waals surface area contributed by atoms with Crippen molar-refractivity contribution in [3.8, 4) is 6.07 Å². The van der Waals surface area contributed by atoms with Gasteiger partial charge in [0.15, 0.2) is 0 Å². The van der Waals surface area contributed by atoms with Gasteiger partial charge in [0.2, 0.25) is 5.91 Å². The Morgan fingerprint density at radius 2 is 2.29 bits per heavy atom. The minimum atomic E-state index is 0.194. The third-order valence-electron chi connectivity index (χ3n) is 2.52. The van der Waals surface area contributed by atoms with Gasteiger partial charge in [0.05, 0.1) is 12.6 Å². The van der Waals surface area contributed by atoms with E-state index in [2.05, 4.69) is 11.0 Å². The Bertz CT molecular complexity index is 234. The van der Waals surface area contributed by atoms with E-state index in [4.69, 9.17) is 5.26 Å². The van der Waals surface area contributed by atoms with Gasteiger partial charge in [-0.05, 0) is 19.4 Å². The van der Waals surface area contributed by atoms with Crippen LogP contribution < -0.4 is 0 Å². The van der Waals surface area contributed by atoms with Crippen LogP contribution in [0.2, 0.25) is 0 Å². The first kappa shape index (κ1) is 11.0. The van der Waals surface area contributed by atoms with E-state index in [9.17, 15) is 4.79 Å². The van der Waals surface area contributed by atoms with E-state index in [1.807, 2.05) is 7.05 Å². The summed E-state index contributed by atoms with van der Waals surface area (Å²) in [6.07, 6.45) is 2.49. The molecule has 1 aliphatic rings. The van der Waals surface area contributed by atoms with Crippen molar-refractivity contribution in [1.29, 1.82) is 5.26 Å². The van der Waals surface area contributed by atoms with Crippen molar-refractivity contribution in [2.75, 3.05) is 33.2 Å². The molecular formula is C10H17N3O. The standard InChI is InChI=1S/C10H17N3O/c1-12-6-4-8-13(9-10(12)14)7-3-2-5-11/h2-4,6-9H2,1H3. The maximum atomic E-state index is 11.5. The van der Waals surface area contributed by atoms with Crippen LogP contribution >= 0.6 is 0 Å². The SMILES string of the molecule is CN1CCCN(CCCC#N)CC1=O. The third-order valence-corrected chi connectivity index (χ3v) is 2.52. The highest BCUT2D eigenvalue weighted by atomic mass is 16.2. The van der Waals surface area contributed by atoms with Gasteiger partial charge in [-0.15, -0.1) is 0 Å². The number of carbonyl (C=O) groups excluding carboxylic acids is 1. The fourth-order valence-corrected chi connectivity index (χ4v) is 1.62.